The van der Waals surface area contributed by atoms with Crippen molar-refractivity contribution in [2.75, 3.05) is 12.4 Å². The molecular formula is C33H40FN5O3. The Morgan fingerprint density at radius 3 is 2.36 bits per heavy atom. The quantitative estimate of drug-likeness (QED) is 0.332. The van der Waals surface area contributed by atoms with Crippen LogP contribution >= 0.6 is 0 Å². The van der Waals surface area contributed by atoms with Gasteiger partial charge in [-0.25, -0.2) is 4.39 Å². The average Bonchev–Trinajstić information content (AvgIpc) is 2.96. The SMILES string of the molecule is CCC(=O)N(C)[C@H]1CC[C@H](CC(=O)Nc2cc(-c3ccccc3)c(-c3ccc([C@]4(N)C[C@](C)(O)C4)c(F)c3)nn2)CC1. The van der Waals surface area contributed by atoms with Gasteiger partial charge in [-0.3, -0.25) is 9.59 Å². The summed E-state index contributed by atoms with van der Waals surface area (Å²) in [5, 5.41) is 21.8. The molecule has 2 aromatic carbocycles. The second-order valence-corrected chi connectivity index (χ2v) is 12.3. The number of carbonyl (C=O) groups excluding carboxylic acids is 2. The first-order chi connectivity index (χ1) is 20.0. The smallest absolute Gasteiger partial charge is 0.225 e. The number of benzene rings is 2. The van der Waals surface area contributed by atoms with Gasteiger partial charge in [0.15, 0.2) is 5.82 Å². The van der Waals surface area contributed by atoms with Gasteiger partial charge in [0.2, 0.25) is 11.8 Å². The Morgan fingerprint density at radius 2 is 1.74 bits per heavy atom. The van der Waals surface area contributed by atoms with E-state index in [1.54, 1.807) is 25.1 Å². The van der Waals surface area contributed by atoms with E-state index in [1.165, 1.54) is 6.07 Å². The molecule has 5 rings (SSSR count). The van der Waals surface area contributed by atoms with Crippen molar-refractivity contribution in [3.63, 3.8) is 0 Å². The van der Waals surface area contributed by atoms with Crippen molar-refractivity contribution in [3.8, 4) is 22.4 Å². The van der Waals surface area contributed by atoms with E-state index in [1.807, 2.05) is 49.2 Å². The van der Waals surface area contributed by atoms with Gasteiger partial charge in [0.25, 0.3) is 0 Å². The van der Waals surface area contributed by atoms with E-state index in [9.17, 15) is 14.7 Å². The number of aliphatic hydroxyl groups is 1. The number of carbonyl (C=O) groups is 2. The Morgan fingerprint density at radius 1 is 1.05 bits per heavy atom. The molecule has 1 aromatic heterocycles. The molecule has 2 saturated carbocycles. The summed E-state index contributed by atoms with van der Waals surface area (Å²) in [6, 6.07) is 16.4. The highest BCUT2D eigenvalue weighted by Crippen LogP contribution is 2.47. The standard InChI is InChI=1S/C33H40FN5O3/c1-4-30(41)39(3)24-13-10-21(11-14-24)16-29(40)36-28-18-25(22-8-6-5-7-9-22)31(38-37-28)23-12-15-26(27(34)17-23)33(35)19-32(2,42)20-33/h5-9,12,15,17-18,21,24,42H,4,10-11,13-14,16,19-20,35H2,1-3H3,(H,36,37,40)/t21-,24-,32-,33-. The summed E-state index contributed by atoms with van der Waals surface area (Å²) in [6.07, 6.45) is 5.03. The zero-order chi connectivity index (χ0) is 30.1. The van der Waals surface area contributed by atoms with Gasteiger partial charge in [-0.1, -0.05) is 49.4 Å². The zero-order valence-electron chi connectivity index (χ0n) is 24.6. The number of nitrogens with two attached hydrogens (primary N) is 1. The molecule has 4 N–H and O–H groups in total. The highest BCUT2D eigenvalue weighted by atomic mass is 19.1. The molecule has 0 unspecified atom stereocenters. The Balaban J connectivity index is 1.31. The Labute approximate surface area is 246 Å². The van der Waals surface area contributed by atoms with Crippen LogP contribution in [0.15, 0.2) is 54.6 Å². The number of amides is 2. The Bertz CT molecular complexity index is 1450. The van der Waals surface area contributed by atoms with Crippen molar-refractivity contribution in [1.82, 2.24) is 15.1 Å². The van der Waals surface area contributed by atoms with Crippen LogP contribution in [0.1, 0.15) is 70.8 Å². The summed E-state index contributed by atoms with van der Waals surface area (Å²) < 4.78 is 15.4. The molecule has 2 fully saturated rings. The third-order valence-corrected chi connectivity index (χ3v) is 8.85. The molecule has 2 aliphatic rings. The minimum atomic E-state index is -0.906. The topological polar surface area (TPSA) is 121 Å². The van der Waals surface area contributed by atoms with Gasteiger partial charge in [-0.05, 0) is 69.1 Å². The van der Waals surface area contributed by atoms with Crippen molar-refractivity contribution in [2.45, 2.75) is 82.4 Å². The lowest BCUT2D eigenvalue weighted by Gasteiger charge is -2.49. The predicted octanol–water partition coefficient (Wildman–Crippen LogP) is 5.40. The molecule has 0 spiro atoms. The second-order valence-electron chi connectivity index (χ2n) is 12.3. The van der Waals surface area contributed by atoms with Crippen LogP contribution in [0.2, 0.25) is 0 Å². The molecule has 0 bridgehead atoms. The Kier molecular flexibility index (Phi) is 8.44. The van der Waals surface area contributed by atoms with Gasteiger partial charge >= 0.3 is 0 Å². The summed E-state index contributed by atoms with van der Waals surface area (Å²) in [4.78, 5) is 26.9. The van der Waals surface area contributed by atoms with Crippen molar-refractivity contribution in [1.29, 1.82) is 0 Å². The molecule has 0 radical (unpaired) electrons. The molecular weight excluding hydrogens is 533 g/mol. The van der Waals surface area contributed by atoms with Crippen molar-refractivity contribution < 1.29 is 19.1 Å². The van der Waals surface area contributed by atoms with Crippen LogP contribution in [0.3, 0.4) is 0 Å². The van der Waals surface area contributed by atoms with Crippen molar-refractivity contribution in [2.24, 2.45) is 11.7 Å². The first-order valence-electron chi connectivity index (χ1n) is 14.8. The normalized spacial score (nSPS) is 25.4. The van der Waals surface area contributed by atoms with Gasteiger partial charge in [0.05, 0.1) is 5.60 Å². The van der Waals surface area contributed by atoms with Crippen molar-refractivity contribution >= 4 is 17.6 Å². The third-order valence-electron chi connectivity index (χ3n) is 8.85. The van der Waals surface area contributed by atoms with Crippen LogP contribution in [0.25, 0.3) is 22.4 Å². The monoisotopic (exact) mass is 573 g/mol. The van der Waals surface area contributed by atoms with E-state index in [-0.39, 0.29) is 36.6 Å². The molecule has 222 valence electrons. The van der Waals surface area contributed by atoms with E-state index < -0.39 is 17.0 Å². The van der Waals surface area contributed by atoms with Crippen LogP contribution in [-0.4, -0.2) is 50.7 Å². The molecule has 2 aliphatic carbocycles. The number of aromatic nitrogens is 2. The highest BCUT2D eigenvalue weighted by Gasteiger charge is 2.50. The van der Waals surface area contributed by atoms with E-state index in [4.69, 9.17) is 5.73 Å². The summed E-state index contributed by atoms with van der Waals surface area (Å²) in [7, 11) is 1.87. The lowest BCUT2D eigenvalue weighted by atomic mass is 9.63. The lowest BCUT2D eigenvalue weighted by Crippen LogP contribution is -2.58. The summed E-state index contributed by atoms with van der Waals surface area (Å²) in [5.74, 6) is 0.154. The molecule has 42 heavy (non-hydrogen) atoms. The van der Waals surface area contributed by atoms with Gasteiger partial charge in [-0.15, -0.1) is 10.2 Å². The van der Waals surface area contributed by atoms with Crippen molar-refractivity contribution in [3.05, 3.63) is 66.0 Å². The highest BCUT2D eigenvalue weighted by molar-refractivity contribution is 5.91. The minimum absolute atomic E-state index is 0.127. The first-order valence-corrected chi connectivity index (χ1v) is 14.8. The number of hydrogen-bond donors (Lipinski definition) is 3. The largest absolute Gasteiger partial charge is 0.390 e. The number of nitrogens with zero attached hydrogens (tertiary/aromatic N) is 3. The minimum Gasteiger partial charge on any atom is -0.390 e. The van der Waals surface area contributed by atoms with Crippen LogP contribution in [0.5, 0.6) is 0 Å². The van der Waals surface area contributed by atoms with E-state index >= 15 is 4.39 Å². The van der Waals surface area contributed by atoms with E-state index in [2.05, 4.69) is 15.5 Å². The average molecular weight is 574 g/mol. The fourth-order valence-corrected chi connectivity index (χ4v) is 6.71. The molecule has 8 nitrogen and oxygen atoms in total. The molecule has 3 aromatic rings. The zero-order valence-corrected chi connectivity index (χ0v) is 24.6. The number of rotatable bonds is 8. The fourth-order valence-electron chi connectivity index (χ4n) is 6.71. The maximum atomic E-state index is 15.4. The van der Waals surface area contributed by atoms with Gasteiger partial charge in [0, 0.05) is 48.2 Å². The number of nitrogens with one attached hydrogen (secondary N) is 1. The van der Waals surface area contributed by atoms with Crippen LogP contribution < -0.4 is 11.1 Å². The molecule has 0 aliphatic heterocycles. The summed E-state index contributed by atoms with van der Waals surface area (Å²) >= 11 is 0. The fraction of sp³-hybridized carbons (Fsp3) is 0.455. The molecule has 2 amide bonds. The van der Waals surface area contributed by atoms with Gasteiger partial charge in [0.1, 0.15) is 11.5 Å². The predicted molar refractivity (Wildman–Crippen MR) is 161 cm³/mol. The molecule has 0 saturated heterocycles. The second kappa shape index (κ2) is 11.9. The van der Waals surface area contributed by atoms with E-state index in [0.29, 0.717) is 41.0 Å². The van der Waals surface area contributed by atoms with E-state index in [0.717, 1.165) is 31.2 Å². The molecule has 1 heterocycles. The maximum absolute atomic E-state index is 15.4. The number of anilines is 1. The molecule has 9 heteroatoms. The molecule has 0 atom stereocenters. The van der Waals surface area contributed by atoms with Crippen LogP contribution in [0, 0.1) is 11.7 Å². The lowest BCUT2D eigenvalue weighted by molar-refractivity contribution is -0.132. The maximum Gasteiger partial charge on any atom is 0.225 e. The van der Waals surface area contributed by atoms with Gasteiger partial charge < -0.3 is 21.1 Å². The third kappa shape index (κ3) is 6.37. The summed E-state index contributed by atoms with van der Waals surface area (Å²) in [5.41, 5.74) is 7.57. The number of halogens is 1. The summed E-state index contributed by atoms with van der Waals surface area (Å²) in [6.45, 7) is 3.58. The first kappa shape index (κ1) is 29.8. The number of hydrogen-bond acceptors (Lipinski definition) is 6. The van der Waals surface area contributed by atoms with Gasteiger partial charge in [-0.2, -0.15) is 0 Å². The Hall–Kier alpha value is -3.69. The van der Waals surface area contributed by atoms with Crippen LogP contribution in [-0.2, 0) is 15.1 Å². The van der Waals surface area contributed by atoms with Crippen LogP contribution in [0.4, 0.5) is 10.2 Å².